The van der Waals surface area contributed by atoms with E-state index >= 15 is 0 Å². The Bertz CT molecular complexity index is 807. The molecule has 1 N–H and O–H groups in total. The Labute approximate surface area is 154 Å². The summed E-state index contributed by atoms with van der Waals surface area (Å²) in [5.41, 5.74) is 1.02. The van der Waals surface area contributed by atoms with E-state index in [-0.39, 0.29) is 30.5 Å². The van der Waals surface area contributed by atoms with Crippen LogP contribution in [-0.4, -0.2) is 44.0 Å². The van der Waals surface area contributed by atoms with Crippen molar-refractivity contribution in [2.45, 2.75) is 20.1 Å². The fraction of sp³-hybridized carbons (Fsp3) is 0.333. The molecule has 27 heavy (non-hydrogen) atoms. The summed E-state index contributed by atoms with van der Waals surface area (Å²) in [5, 5.41) is 2.53. The van der Waals surface area contributed by atoms with Gasteiger partial charge in [0, 0.05) is 13.6 Å². The number of nitrogens with one attached hydrogen (secondary N) is 1. The lowest BCUT2D eigenvalue weighted by atomic mass is 10.2. The third-order valence-electron chi connectivity index (χ3n) is 3.79. The van der Waals surface area contributed by atoms with Gasteiger partial charge < -0.3 is 24.1 Å². The first-order chi connectivity index (χ1) is 12.8. The van der Waals surface area contributed by atoms with Crippen molar-refractivity contribution in [3.05, 3.63) is 47.4 Å². The highest BCUT2D eigenvalue weighted by molar-refractivity contribution is 5.97. The van der Waals surface area contributed by atoms with Gasteiger partial charge in [0.1, 0.15) is 5.76 Å². The van der Waals surface area contributed by atoms with Gasteiger partial charge >= 0.3 is 6.61 Å². The lowest BCUT2D eigenvalue weighted by molar-refractivity contribution is -0.129. The standard InChI is InChI=1S/C18H20F2N2O5/c1-11-13(6-7-26-11)17(24)21-9-16(23)22(2)10-12-4-5-14(27-18(19)20)15(8-12)25-3/h4-8,18H,9-10H2,1-3H3,(H,21,24). The van der Waals surface area contributed by atoms with Gasteiger partial charge in [0.25, 0.3) is 5.91 Å². The predicted octanol–water partition coefficient (Wildman–Crippen LogP) is 2.59. The molecule has 0 bridgehead atoms. The van der Waals surface area contributed by atoms with E-state index in [1.165, 1.54) is 36.5 Å². The number of hydrogen-bond acceptors (Lipinski definition) is 5. The van der Waals surface area contributed by atoms with Gasteiger partial charge in [-0.1, -0.05) is 6.07 Å². The molecule has 0 aliphatic rings. The van der Waals surface area contributed by atoms with Crippen molar-refractivity contribution in [3.8, 4) is 11.5 Å². The molecular formula is C18H20F2N2O5. The van der Waals surface area contributed by atoms with E-state index in [1.807, 2.05) is 0 Å². The second-order valence-electron chi connectivity index (χ2n) is 5.69. The van der Waals surface area contributed by atoms with E-state index in [9.17, 15) is 18.4 Å². The number of likely N-dealkylation sites (N-methyl/N-ethyl adjacent to an activating group) is 1. The lowest BCUT2D eigenvalue weighted by Gasteiger charge is -2.18. The number of ether oxygens (including phenoxy) is 2. The topological polar surface area (TPSA) is 81.0 Å². The Morgan fingerprint density at radius 3 is 2.59 bits per heavy atom. The molecule has 1 heterocycles. The number of carbonyl (C=O) groups excluding carboxylic acids is 2. The maximum absolute atomic E-state index is 12.4. The number of benzene rings is 1. The summed E-state index contributed by atoms with van der Waals surface area (Å²) in [6.07, 6.45) is 1.40. The van der Waals surface area contributed by atoms with Crippen LogP contribution in [0.15, 0.2) is 34.9 Å². The number of carbonyl (C=O) groups is 2. The van der Waals surface area contributed by atoms with Gasteiger partial charge in [-0.3, -0.25) is 9.59 Å². The van der Waals surface area contributed by atoms with Gasteiger partial charge in [0.05, 0.1) is 25.5 Å². The second kappa shape index (κ2) is 9.02. The smallest absolute Gasteiger partial charge is 0.387 e. The number of rotatable bonds is 8. The van der Waals surface area contributed by atoms with Crippen molar-refractivity contribution in [1.82, 2.24) is 10.2 Å². The van der Waals surface area contributed by atoms with E-state index in [2.05, 4.69) is 10.1 Å². The number of aryl methyl sites for hydroxylation is 1. The van der Waals surface area contributed by atoms with Crippen LogP contribution in [0, 0.1) is 6.92 Å². The fourth-order valence-electron chi connectivity index (χ4n) is 2.37. The van der Waals surface area contributed by atoms with E-state index < -0.39 is 12.5 Å². The lowest BCUT2D eigenvalue weighted by Crippen LogP contribution is -2.37. The minimum Gasteiger partial charge on any atom is -0.493 e. The summed E-state index contributed by atoms with van der Waals surface area (Å²) >= 11 is 0. The molecule has 2 amide bonds. The average molecular weight is 382 g/mol. The molecule has 9 heteroatoms. The average Bonchev–Trinajstić information content (AvgIpc) is 3.06. The van der Waals surface area contributed by atoms with E-state index in [4.69, 9.17) is 9.15 Å². The van der Waals surface area contributed by atoms with Crippen LogP contribution >= 0.6 is 0 Å². The largest absolute Gasteiger partial charge is 0.493 e. The fourth-order valence-corrected chi connectivity index (χ4v) is 2.37. The highest BCUT2D eigenvalue weighted by Gasteiger charge is 2.16. The first-order valence-corrected chi connectivity index (χ1v) is 7.99. The Morgan fingerprint density at radius 2 is 2.00 bits per heavy atom. The van der Waals surface area contributed by atoms with Crippen LogP contribution in [-0.2, 0) is 11.3 Å². The molecule has 0 radical (unpaired) electrons. The minimum atomic E-state index is -2.96. The number of alkyl halides is 2. The van der Waals surface area contributed by atoms with Gasteiger partial charge in [-0.05, 0) is 30.7 Å². The summed E-state index contributed by atoms with van der Waals surface area (Å²) in [6, 6.07) is 5.93. The van der Waals surface area contributed by atoms with Gasteiger partial charge in [-0.25, -0.2) is 0 Å². The normalized spacial score (nSPS) is 10.6. The molecule has 0 spiro atoms. The van der Waals surface area contributed by atoms with E-state index in [0.717, 1.165) is 0 Å². The third-order valence-corrected chi connectivity index (χ3v) is 3.79. The number of halogens is 2. The number of methoxy groups -OCH3 is 1. The summed E-state index contributed by atoms with van der Waals surface area (Å²) in [5.74, 6) is -0.216. The van der Waals surface area contributed by atoms with E-state index in [1.54, 1.807) is 20.0 Å². The SMILES string of the molecule is COc1cc(CN(C)C(=O)CNC(=O)c2ccoc2C)ccc1OC(F)F. The molecule has 2 aromatic rings. The Morgan fingerprint density at radius 1 is 1.26 bits per heavy atom. The number of furan rings is 1. The maximum atomic E-state index is 12.4. The predicted molar refractivity (Wildman–Crippen MR) is 91.9 cm³/mol. The molecule has 0 atom stereocenters. The number of hydrogen-bond donors (Lipinski definition) is 1. The molecular weight excluding hydrogens is 362 g/mol. The van der Waals surface area contributed by atoms with Gasteiger partial charge in [-0.15, -0.1) is 0 Å². The highest BCUT2D eigenvalue weighted by Crippen LogP contribution is 2.29. The molecule has 146 valence electrons. The number of amides is 2. The zero-order valence-corrected chi connectivity index (χ0v) is 15.1. The van der Waals surface area contributed by atoms with Crippen molar-refractivity contribution < 1.29 is 32.3 Å². The Hall–Kier alpha value is -3.10. The van der Waals surface area contributed by atoms with Crippen LogP contribution in [0.5, 0.6) is 11.5 Å². The van der Waals surface area contributed by atoms with Crippen LogP contribution in [0.3, 0.4) is 0 Å². The molecule has 1 aromatic heterocycles. The van der Waals surface area contributed by atoms with Gasteiger partial charge in [0.15, 0.2) is 11.5 Å². The second-order valence-corrected chi connectivity index (χ2v) is 5.69. The van der Waals surface area contributed by atoms with Crippen LogP contribution in [0.25, 0.3) is 0 Å². The van der Waals surface area contributed by atoms with E-state index in [0.29, 0.717) is 16.9 Å². The van der Waals surface area contributed by atoms with Crippen molar-refractivity contribution in [3.63, 3.8) is 0 Å². The van der Waals surface area contributed by atoms with Gasteiger partial charge in [-0.2, -0.15) is 8.78 Å². The van der Waals surface area contributed by atoms with Crippen molar-refractivity contribution in [2.75, 3.05) is 20.7 Å². The van der Waals surface area contributed by atoms with Crippen LogP contribution in [0.4, 0.5) is 8.78 Å². The first kappa shape index (κ1) is 20.2. The van der Waals surface area contributed by atoms with Crippen molar-refractivity contribution in [2.24, 2.45) is 0 Å². The van der Waals surface area contributed by atoms with Crippen LogP contribution < -0.4 is 14.8 Å². The summed E-state index contributed by atoms with van der Waals surface area (Å²) in [6.45, 7) is -1.30. The third kappa shape index (κ3) is 5.44. The van der Waals surface area contributed by atoms with Gasteiger partial charge in [0.2, 0.25) is 5.91 Å². The first-order valence-electron chi connectivity index (χ1n) is 7.99. The molecule has 0 saturated heterocycles. The zero-order chi connectivity index (χ0) is 20.0. The molecule has 0 unspecified atom stereocenters. The molecule has 7 nitrogen and oxygen atoms in total. The molecule has 0 fully saturated rings. The molecule has 0 aliphatic heterocycles. The monoisotopic (exact) mass is 382 g/mol. The minimum absolute atomic E-state index is 0.0898. The van der Waals surface area contributed by atoms with Crippen molar-refractivity contribution >= 4 is 11.8 Å². The molecule has 0 aliphatic carbocycles. The Kier molecular flexibility index (Phi) is 6.75. The summed E-state index contributed by atoms with van der Waals surface area (Å²) < 4.78 is 39.2. The Balaban J connectivity index is 1.93. The highest BCUT2D eigenvalue weighted by atomic mass is 19.3. The number of nitrogens with zero attached hydrogens (tertiary/aromatic N) is 1. The quantitative estimate of drug-likeness (QED) is 0.759. The van der Waals surface area contributed by atoms with Crippen molar-refractivity contribution in [1.29, 1.82) is 0 Å². The maximum Gasteiger partial charge on any atom is 0.387 e. The van der Waals surface area contributed by atoms with Crippen LogP contribution in [0.2, 0.25) is 0 Å². The molecule has 0 saturated carbocycles. The molecule has 2 rings (SSSR count). The zero-order valence-electron chi connectivity index (χ0n) is 15.1. The molecule has 1 aromatic carbocycles. The summed E-state index contributed by atoms with van der Waals surface area (Å²) in [4.78, 5) is 25.6. The van der Waals surface area contributed by atoms with Crippen LogP contribution in [0.1, 0.15) is 21.7 Å². The summed E-state index contributed by atoms with van der Waals surface area (Å²) in [7, 11) is 2.90.